The molecule has 2 rings (SSSR count). The van der Waals surface area contributed by atoms with Gasteiger partial charge in [0.25, 0.3) is 10.0 Å². The number of hydrogen-bond donors (Lipinski definition) is 1. The Morgan fingerprint density at radius 1 is 1.11 bits per heavy atom. The molecule has 1 aromatic rings. The molecule has 0 amide bonds. The molecule has 0 radical (unpaired) electrons. The van der Waals surface area contributed by atoms with Crippen LogP contribution in [0, 0.1) is 6.92 Å². The van der Waals surface area contributed by atoms with Gasteiger partial charge in [-0.15, -0.1) is 0 Å². The molecule has 0 unspecified atom stereocenters. The van der Waals surface area contributed by atoms with Crippen LogP contribution in [0.3, 0.4) is 0 Å². The summed E-state index contributed by atoms with van der Waals surface area (Å²) in [5.41, 5.74) is 3.05. The van der Waals surface area contributed by atoms with Gasteiger partial charge in [-0.25, -0.2) is 0 Å². The number of aryl methyl sites for hydroxylation is 1. The van der Waals surface area contributed by atoms with Crippen LogP contribution in [0.1, 0.15) is 31.7 Å². The average Bonchev–Trinajstić information content (AvgIpc) is 2.37. The summed E-state index contributed by atoms with van der Waals surface area (Å²) in [6.45, 7) is 3.95. The van der Waals surface area contributed by atoms with Gasteiger partial charge in [0, 0.05) is 0 Å². The number of hydrazone groups is 1. The molecule has 1 aliphatic rings. The average molecular weight is 278 g/mol. The van der Waals surface area contributed by atoms with E-state index in [4.69, 9.17) is 0 Å². The molecule has 5 heteroatoms. The minimum Gasteiger partial charge on any atom is -0.200 e. The number of hydrogen-bond acceptors (Lipinski definition) is 3. The van der Waals surface area contributed by atoms with Gasteiger partial charge in [0.05, 0.1) is 10.6 Å². The molecule has 0 saturated carbocycles. The molecular formula is C14H18N2O2S. The smallest absolute Gasteiger partial charge is 0.200 e. The first-order valence-corrected chi connectivity index (χ1v) is 7.78. The zero-order valence-corrected chi connectivity index (χ0v) is 12.0. The largest absolute Gasteiger partial charge is 0.276 e. The fourth-order valence-electron chi connectivity index (χ4n) is 1.95. The van der Waals surface area contributed by atoms with E-state index in [0.29, 0.717) is 0 Å². The second kappa shape index (κ2) is 5.57. The molecule has 1 N–H and O–H groups in total. The van der Waals surface area contributed by atoms with E-state index in [9.17, 15) is 8.42 Å². The van der Waals surface area contributed by atoms with E-state index in [0.717, 1.165) is 30.5 Å². The van der Waals surface area contributed by atoms with E-state index < -0.39 is 10.0 Å². The monoisotopic (exact) mass is 278 g/mol. The van der Waals surface area contributed by atoms with Gasteiger partial charge in [-0.1, -0.05) is 23.3 Å². The lowest BCUT2D eigenvalue weighted by Gasteiger charge is -2.11. The van der Waals surface area contributed by atoms with Crippen molar-refractivity contribution < 1.29 is 8.42 Å². The van der Waals surface area contributed by atoms with Crippen LogP contribution in [0.25, 0.3) is 0 Å². The Labute approximate surface area is 114 Å². The number of nitrogens with zero attached hydrogens (tertiary/aromatic N) is 1. The number of allylic oxidation sites excluding steroid dienone is 2. The third-order valence-corrected chi connectivity index (χ3v) is 4.28. The van der Waals surface area contributed by atoms with Crippen LogP contribution >= 0.6 is 0 Å². The molecule has 0 saturated heterocycles. The molecule has 0 aliphatic heterocycles. The topological polar surface area (TPSA) is 58.5 Å². The predicted molar refractivity (Wildman–Crippen MR) is 76.5 cm³/mol. The van der Waals surface area contributed by atoms with Crippen LogP contribution in [-0.4, -0.2) is 14.1 Å². The lowest BCUT2D eigenvalue weighted by Crippen LogP contribution is -2.20. The van der Waals surface area contributed by atoms with Crippen molar-refractivity contribution in [2.45, 2.75) is 38.0 Å². The van der Waals surface area contributed by atoms with Gasteiger partial charge in [0.15, 0.2) is 0 Å². The fourth-order valence-corrected chi connectivity index (χ4v) is 2.79. The first-order valence-electron chi connectivity index (χ1n) is 6.29. The molecule has 0 spiro atoms. The number of sulfonamides is 1. The zero-order chi connectivity index (χ0) is 13.9. The molecule has 0 bridgehead atoms. The van der Waals surface area contributed by atoms with Gasteiger partial charge < -0.3 is 0 Å². The van der Waals surface area contributed by atoms with Crippen molar-refractivity contribution in [1.82, 2.24) is 4.83 Å². The minimum atomic E-state index is -3.56. The maximum absolute atomic E-state index is 12.0. The summed E-state index contributed by atoms with van der Waals surface area (Å²) in [6.07, 6.45) is 4.84. The van der Waals surface area contributed by atoms with Gasteiger partial charge in [-0.3, -0.25) is 0 Å². The fraction of sp³-hybridized carbons (Fsp3) is 0.357. The van der Waals surface area contributed by atoms with Gasteiger partial charge in [0.2, 0.25) is 0 Å². The van der Waals surface area contributed by atoms with E-state index >= 15 is 0 Å². The molecule has 102 valence electrons. The van der Waals surface area contributed by atoms with E-state index in [1.54, 1.807) is 24.3 Å². The quantitative estimate of drug-likeness (QED) is 0.864. The molecule has 4 nitrogen and oxygen atoms in total. The van der Waals surface area contributed by atoms with Crippen LogP contribution in [0.5, 0.6) is 0 Å². The Kier molecular flexibility index (Phi) is 4.04. The summed E-state index contributed by atoms with van der Waals surface area (Å²) in [6, 6.07) is 6.71. The zero-order valence-electron chi connectivity index (χ0n) is 11.2. The summed E-state index contributed by atoms with van der Waals surface area (Å²) >= 11 is 0. The van der Waals surface area contributed by atoms with Crippen molar-refractivity contribution in [1.29, 1.82) is 0 Å². The van der Waals surface area contributed by atoms with Gasteiger partial charge in [0.1, 0.15) is 0 Å². The maximum Gasteiger partial charge on any atom is 0.276 e. The summed E-state index contributed by atoms with van der Waals surface area (Å²) < 4.78 is 24.1. The van der Waals surface area contributed by atoms with Crippen LogP contribution in [0.2, 0.25) is 0 Å². The van der Waals surface area contributed by atoms with Crippen molar-refractivity contribution in [3.63, 3.8) is 0 Å². The second-order valence-corrected chi connectivity index (χ2v) is 6.52. The molecule has 0 aromatic heterocycles. The first kappa shape index (κ1) is 13.8. The molecule has 1 aliphatic carbocycles. The van der Waals surface area contributed by atoms with Crippen LogP contribution in [-0.2, 0) is 10.0 Å². The van der Waals surface area contributed by atoms with E-state index in [1.807, 2.05) is 19.9 Å². The number of benzene rings is 1. The van der Waals surface area contributed by atoms with Crippen molar-refractivity contribution in [2.24, 2.45) is 5.10 Å². The summed E-state index contributed by atoms with van der Waals surface area (Å²) in [5.74, 6) is 0. The third-order valence-electron chi connectivity index (χ3n) is 3.06. The highest BCUT2D eigenvalue weighted by Gasteiger charge is 2.13. The van der Waals surface area contributed by atoms with Crippen LogP contribution in [0.15, 0.2) is 45.9 Å². The molecule has 0 fully saturated rings. The Morgan fingerprint density at radius 3 is 2.42 bits per heavy atom. The normalized spacial score (nSPS) is 18.2. The Hall–Kier alpha value is -1.62. The molecule has 0 atom stereocenters. The molecule has 19 heavy (non-hydrogen) atoms. The van der Waals surface area contributed by atoms with E-state index in [1.165, 1.54) is 5.57 Å². The highest BCUT2D eigenvalue weighted by molar-refractivity contribution is 7.89. The van der Waals surface area contributed by atoms with Crippen molar-refractivity contribution in [3.8, 4) is 0 Å². The van der Waals surface area contributed by atoms with Crippen LogP contribution in [0.4, 0.5) is 0 Å². The SMILES string of the molecule is CC1=C/C(=N/NS(=O)(=O)c2ccc(C)cc2)CCC1. The highest BCUT2D eigenvalue weighted by atomic mass is 32.2. The van der Waals surface area contributed by atoms with E-state index in [2.05, 4.69) is 9.93 Å². The number of nitrogens with one attached hydrogen (secondary N) is 1. The number of rotatable bonds is 3. The molecule has 1 aromatic carbocycles. The Morgan fingerprint density at radius 2 is 1.79 bits per heavy atom. The Bertz CT molecular complexity index is 613. The second-order valence-electron chi connectivity index (χ2n) is 4.86. The van der Waals surface area contributed by atoms with Crippen molar-refractivity contribution >= 4 is 15.7 Å². The Balaban J connectivity index is 2.16. The van der Waals surface area contributed by atoms with Crippen LogP contribution < -0.4 is 4.83 Å². The van der Waals surface area contributed by atoms with Gasteiger partial charge in [-0.05, 0) is 51.3 Å². The summed E-state index contributed by atoms with van der Waals surface area (Å²) in [4.78, 5) is 2.54. The minimum absolute atomic E-state index is 0.235. The lowest BCUT2D eigenvalue weighted by atomic mass is 10.00. The first-order chi connectivity index (χ1) is 8.97. The standard InChI is InChI=1S/C14H18N2O2S/c1-11-6-8-14(9-7-11)19(17,18)16-15-13-5-3-4-12(2)10-13/h6-10,16H,3-5H2,1-2H3/b15-13+. The summed E-state index contributed by atoms with van der Waals surface area (Å²) in [5, 5.41) is 4.01. The van der Waals surface area contributed by atoms with Crippen molar-refractivity contribution in [3.05, 3.63) is 41.5 Å². The highest BCUT2D eigenvalue weighted by Crippen LogP contribution is 2.15. The molecule has 0 heterocycles. The summed E-state index contributed by atoms with van der Waals surface area (Å²) in [7, 11) is -3.56. The van der Waals surface area contributed by atoms with E-state index in [-0.39, 0.29) is 4.90 Å². The van der Waals surface area contributed by atoms with Crippen molar-refractivity contribution in [2.75, 3.05) is 0 Å². The third kappa shape index (κ3) is 3.67. The maximum atomic E-state index is 12.0. The predicted octanol–water partition coefficient (Wildman–Crippen LogP) is 2.76. The van der Waals surface area contributed by atoms with Gasteiger partial charge in [-0.2, -0.15) is 18.4 Å². The lowest BCUT2D eigenvalue weighted by molar-refractivity contribution is 0.584. The van der Waals surface area contributed by atoms with Gasteiger partial charge >= 0.3 is 0 Å². The molecular weight excluding hydrogens is 260 g/mol.